The number of hydrogen-bond acceptors (Lipinski definition) is 2. The SMILES string of the molecule is COc1cc(C(=O)Nc2cccc(C)c2)ccc1C. The number of benzene rings is 2. The van der Waals surface area contributed by atoms with Crippen LogP contribution in [-0.2, 0) is 0 Å². The van der Waals surface area contributed by atoms with Crippen LogP contribution in [0.1, 0.15) is 21.5 Å². The number of aryl methyl sites for hydroxylation is 2. The molecule has 0 heterocycles. The van der Waals surface area contributed by atoms with E-state index >= 15 is 0 Å². The van der Waals surface area contributed by atoms with Gasteiger partial charge in [0, 0.05) is 11.3 Å². The van der Waals surface area contributed by atoms with E-state index in [0.29, 0.717) is 5.56 Å². The van der Waals surface area contributed by atoms with Crippen molar-refractivity contribution in [2.24, 2.45) is 0 Å². The molecule has 0 fully saturated rings. The van der Waals surface area contributed by atoms with Crippen LogP contribution in [-0.4, -0.2) is 13.0 Å². The average molecular weight is 255 g/mol. The number of carbonyl (C=O) groups excluding carboxylic acids is 1. The van der Waals surface area contributed by atoms with Crippen molar-refractivity contribution in [1.82, 2.24) is 0 Å². The van der Waals surface area contributed by atoms with Gasteiger partial charge in [-0.2, -0.15) is 0 Å². The molecular weight excluding hydrogens is 238 g/mol. The van der Waals surface area contributed by atoms with E-state index in [-0.39, 0.29) is 5.91 Å². The van der Waals surface area contributed by atoms with Crippen molar-refractivity contribution in [3.8, 4) is 5.75 Å². The number of methoxy groups -OCH3 is 1. The van der Waals surface area contributed by atoms with Crippen LogP contribution in [0.2, 0.25) is 0 Å². The van der Waals surface area contributed by atoms with Gasteiger partial charge >= 0.3 is 0 Å². The summed E-state index contributed by atoms with van der Waals surface area (Å²) in [4.78, 5) is 12.1. The van der Waals surface area contributed by atoms with Gasteiger partial charge in [-0.15, -0.1) is 0 Å². The predicted octanol–water partition coefficient (Wildman–Crippen LogP) is 3.56. The highest BCUT2D eigenvalue weighted by Gasteiger charge is 2.08. The molecule has 1 N–H and O–H groups in total. The summed E-state index contributed by atoms with van der Waals surface area (Å²) >= 11 is 0. The number of nitrogens with one attached hydrogen (secondary N) is 1. The van der Waals surface area contributed by atoms with E-state index in [4.69, 9.17) is 4.74 Å². The maximum absolute atomic E-state index is 12.1. The molecule has 0 bridgehead atoms. The van der Waals surface area contributed by atoms with E-state index < -0.39 is 0 Å². The first kappa shape index (κ1) is 13.1. The highest BCUT2D eigenvalue weighted by Crippen LogP contribution is 2.20. The Hall–Kier alpha value is -2.29. The summed E-state index contributed by atoms with van der Waals surface area (Å²) in [5.74, 6) is 0.584. The summed E-state index contributed by atoms with van der Waals surface area (Å²) in [5.41, 5.74) is 3.50. The van der Waals surface area contributed by atoms with Gasteiger partial charge in [-0.05, 0) is 49.2 Å². The second kappa shape index (κ2) is 5.57. The minimum Gasteiger partial charge on any atom is -0.496 e. The molecular formula is C16H17NO2. The van der Waals surface area contributed by atoms with Crippen molar-refractivity contribution in [3.63, 3.8) is 0 Å². The third-order valence-electron chi connectivity index (χ3n) is 2.95. The Morgan fingerprint density at radius 2 is 1.89 bits per heavy atom. The summed E-state index contributed by atoms with van der Waals surface area (Å²) in [7, 11) is 1.60. The van der Waals surface area contributed by atoms with Gasteiger partial charge in [0.05, 0.1) is 7.11 Å². The number of rotatable bonds is 3. The van der Waals surface area contributed by atoms with E-state index in [1.807, 2.05) is 44.2 Å². The van der Waals surface area contributed by atoms with Gasteiger partial charge in [0.2, 0.25) is 0 Å². The lowest BCUT2D eigenvalue weighted by Gasteiger charge is -2.09. The lowest BCUT2D eigenvalue weighted by Crippen LogP contribution is -2.12. The maximum atomic E-state index is 12.1. The molecule has 98 valence electrons. The van der Waals surface area contributed by atoms with Crippen LogP contribution < -0.4 is 10.1 Å². The van der Waals surface area contributed by atoms with Crippen LogP contribution in [0.5, 0.6) is 5.75 Å². The predicted molar refractivity (Wildman–Crippen MR) is 76.9 cm³/mol. The van der Waals surface area contributed by atoms with Crippen LogP contribution in [0, 0.1) is 13.8 Å². The maximum Gasteiger partial charge on any atom is 0.255 e. The quantitative estimate of drug-likeness (QED) is 0.910. The molecule has 2 aromatic carbocycles. The first-order valence-corrected chi connectivity index (χ1v) is 6.13. The van der Waals surface area contributed by atoms with Gasteiger partial charge < -0.3 is 10.1 Å². The molecule has 0 spiro atoms. The van der Waals surface area contributed by atoms with Gasteiger partial charge in [-0.25, -0.2) is 0 Å². The van der Waals surface area contributed by atoms with Crippen molar-refractivity contribution < 1.29 is 9.53 Å². The van der Waals surface area contributed by atoms with Crippen molar-refractivity contribution in [2.45, 2.75) is 13.8 Å². The van der Waals surface area contributed by atoms with Crippen LogP contribution in [0.3, 0.4) is 0 Å². The Kier molecular flexibility index (Phi) is 3.85. The monoisotopic (exact) mass is 255 g/mol. The highest BCUT2D eigenvalue weighted by molar-refractivity contribution is 6.04. The Bertz CT molecular complexity index is 605. The zero-order valence-electron chi connectivity index (χ0n) is 11.4. The fourth-order valence-electron chi connectivity index (χ4n) is 1.89. The Morgan fingerprint density at radius 1 is 1.11 bits per heavy atom. The molecule has 0 aliphatic carbocycles. The van der Waals surface area contributed by atoms with Crippen LogP contribution >= 0.6 is 0 Å². The molecule has 0 aromatic heterocycles. The number of anilines is 1. The molecule has 19 heavy (non-hydrogen) atoms. The van der Waals surface area contributed by atoms with Crippen LogP contribution in [0.25, 0.3) is 0 Å². The van der Waals surface area contributed by atoms with E-state index in [9.17, 15) is 4.79 Å². The number of hydrogen-bond donors (Lipinski definition) is 1. The first-order valence-electron chi connectivity index (χ1n) is 6.13. The normalized spacial score (nSPS) is 10.1. The molecule has 0 atom stereocenters. The first-order chi connectivity index (χ1) is 9.10. The lowest BCUT2D eigenvalue weighted by molar-refractivity contribution is 0.102. The molecule has 0 radical (unpaired) electrons. The summed E-state index contributed by atoms with van der Waals surface area (Å²) in [6, 6.07) is 13.1. The zero-order valence-corrected chi connectivity index (χ0v) is 11.4. The molecule has 0 unspecified atom stereocenters. The molecule has 3 heteroatoms. The minimum atomic E-state index is -0.135. The van der Waals surface area contributed by atoms with Gasteiger partial charge in [-0.1, -0.05) is 18.2 Å². The largest absolute Gasteiger partial charge is 0.496 e. The molecule has 0 saturated heterocycles. The van der Waals surface area contributed by atoms with E-state index in [1.54, 1.807) is 19.2 Å². The molecule has 0 saturated carbocycles. The average Bonchev–Trinajstić information content (AvgIpc) is 2.39. The molecule has 2 aromatic rings. The van der Waals surface area contributed by atoms with E-state index in [2.05, 4.69) is 5.32 Å². The fraction of sp³-hybridized carbons (Fsp3) is 0.188. The fourth-order valence-corrected chi connectivity index (χ4v) is 1.89. The van der Waals surface area contributed by atoms with Crippen LogP contribution in [0.15, 0.2) is 42.5 Å². The summed E-state index contributed by atoms with van der Waals surface area (Å²) in [5, 5.41) is 2.88. The highest BCUT2D eigenvalue weighted by atomic mass is 16.5. The van der Waals surface area contributed by atoms with Crippen molar-refractivity contribution in [2.75, 3.05) is 12.4 Å². The molecule has 1 amide bonds. The molecule has 2 rings (SSSR count). The van der Waals surface area contributed by atoms with Crippen LogP contribution in [0.4, 0.5) is 5.69 Å². The van der Waals surface area contributed by atoms with Crippen molar-refractivity contribution >= 4 is 11.6 Å². The molecule has 3 nitrogen and oxygen atoms in total. The van der Waals surface area contributed by atoms with Crippen molar-refractivity contribution in [3.05, 3.63) is 59.2 Å². The third-order valence-corrected chi connectivity index (χ3v) is 2.95. The van der Waals surface area contributed by atoms with Gasteiger partial charge in [-0.3, -0.25) is 4.79 Å². The van der Waals surface area contributed by atoms with Crippen molar-refractivity contribution in [1.29, 1.82) is 0 Å². The van der Waals surface area contributed by atoms with E-state index in [0.717, 1.165) is 22.6 Å². The summed E-state index contributed by atoms with van der Waals surface area (Å²) in [6.07, 6.45) is 0. The molecule has 0 aliphatic rings. The third kappa shape index (κ3) is 3.13. The number of ether oxygens (including phenoxy) is 1. The second-order valence-corrected chi connectivity index (χ2v) is 4.51. The second-order valence-electron chi connectivity index (χ2n) is 4.51. The Morgan fingerprint density at radius 3 is 2.58 bits per heavy atom. The number of amides is 1. The Balaban J connectivity index is 2.20. The number of carbonyl (C=O) groups is 1. The van der Waals surface area contributed by atoms with E-state index in [1.165, 1.54) is 0 Å². The summed E-state index contributed by atoms with van der Waals surface area (Å²) < 4.78 is 5.23. The van der Waals surface area contributed by atoms with Gasteiger partial charge in [0.15, 0.2) is 0 Å². The summed E-state index contributed by atoms with van der Waals surface area (Å²) in [6.45, 7) is 3.94. The van der Waals surface area contributed by atoms with Gasteiger partial charge in [0.25, 0.3) is 5.91 Å². The zero-order chi connectivity index (χ0) is 13.8. The minimum absolute atomic E-state index is 0.135. The topological polar surface area (TPSA) is 38.3 Å². The standard InChI is InChI=1S/C16H17NO2/c1-11-5-4-6-14(9-11)17-16(18)13-8-7-12(2)15(10-13)19-3/h4-10H,1-3H3,(H,17,18). The lowest BCUT2D eigenvalue weighted by atomic mass is 10.1. The molecule has 0 aliphatic heterocycles. The van der Waals surface area contributed by atoms with Gasteiger partial charge in [0.1, 0.15) is 5.75 Å². The Labute approximate surface area is 113 Å². The smallest absolute Gasteiger partial charge is 0.255 e.